The molecular weight excluding hydrogens is 452 g/mol. The molecule has 33 heavy (non-hydrogen) atoms. The topological polar surface area (TPSA) is 81.4 Å². The molecule has 3 aromatic rings. The van der Waals surface area contributed by atoms with Crippen LogP contribution in [-0.2, 0) is 22.4 Å². The predicted octanol–water partition coefficient (Wildman–Crippen LogP) is 6.10. The molecule has 0 bridgehead atoms. The van der Waals surface area contributed by atoms with Gasteiger partial charge >= 0.3 is 5.97 Å². The van der Waals surface area contributed by atoms with Crippen LogP contribution in [0.15, 0.2) is 59.5 Å². The minimum atomic E-state index is -0.483. The SMILES string of the molecule is CCOC(=O)c1c(NC(=O)C(Sc2ccc(N)cc2)c2ccccc2)sc2c1CCC(C)C2. The van der Waals surface area contributed by atoms with Crippen LogP contribution in [0.5, 0.6) is 0 Å². The zero-order valence-corrected chi connectivity index (χ0v) is 20.4. The van der Waals surface area contributed by atoms with E-state index >= 15 is 0 Å². The van der Waals surface area contributed by atoms with E-state index in [0.29, 0.717) is 28.8 Å². The molecular formula is C26H28N2O3S2. The van der Waals surface area contributed by atoms with Crippen LogP contribution in [0.3, 0.4) is 0 Å². The van der Waals surface area contributed by atoms with Gasteiger partial charge < -0.3 is 15.8 Å². The van der Waals surface area contributed by atoms with Gasteiger partial charge in [-0.15, -0.1) is 23.1 Å². The molecule has 1 amide bonds. The van der Waals surface area contributed by atoms with Crippen LogP contribution in [0.2, 0.25) is 0 Å². The first-order valence-corrected chi connectivity index (χ1v) is 12.9. The summed E-state index contributed by atoms with van der Waals surface area (Å²) in [5, 5.41) is 3.20. The van der Waals surface area contributed by atoms with Crippen LogP contribution in [0.1, 0.15) is 51.9 Å². The number of nitrogens with two attached hydrogens (primary N) is 1. The normalized spacial score (nSPS) is 16.0. The van der Waals surface area contributed by atoms with Gasteiger partial charge in [0.25, 0.3) is 0 Å². The lowest BCUT2D eigenvalue weighted by Crippen LogP contribution is -2.20. The summed E-state index contributed by atoms with van der Waals surface area (Å²) in [6.07, 6.45) is 2.78. The molecule has 4 rings (SSSR count). The van der Waals surface area contributed by atoms with Crippen molar-refractivity contribution in [3.8, 4) is 0 Å². The Morgan fingerprint density at radius 3 is 2.61 bits per heavy atom. The molecule has 5 nitrogen and oxygen atoms in total. The van der Waals surface area contributed by atoms with Gasteiger partial charge in [-0.1, -0.05) is 37.3 Å². The quantitative estimate of drug-likeness (QED) is 0.242. The standard InChI is InChI=1S/C26H28N2O3S2/c1-3-31-26(30)22-20-14-9-16(2)15-21(20)33-25(22)28-24(29)23(17-7-5-4-6-8-17)32-19-12-10-18(27)11-13-19/h4-8,10-13,16,23H,3,9,14-15,27H2,1-2H3,(H,28,29). The number of nitrogen functional groups attached to an aromatic ring is 1. The first kappa shape index (κ1) is 23.4. The Hall–Kier alpha value is -2.77. The number of hydrogen-bond donors (Lipinski definition) is 2. The van der Waals surface area contributed by atoms with Gasteiger partial charge in [0, 0.05) is 15.5 Å². The van der Waals surface area contributed by atoms with Gasteiger partial charge in [-0.2, -0.15) is 0 Å². The molecule has 0 radical (unpaired) electrons. The molecule has 1 heterocycles. The van der Waals surface area contributed by atoms with E-state index in [-0.39, 0.29) is 11.9 Å². The molecule has 0 saturated heterocycles. The van der Waals surface area contributed by atoms with E-state index in [0.717, 1.165) is 35.3 Å². The maximum Gasteiger partial charge on any atom is 0.341 e. The number of thioether (sulfide) groups is 1. The number of thiophene rings is 1. The van der Waals surface area contributed by atoms with Gasteiger partial charge in [-0.3, -0.25) is 4.79 Å². The first-order chi connectivity index (χ1) is 16.0. The molecule has 2 atom stereocenters. The van der Waals surface area contributed by atoms with Crippen molar-refractivity contribution in [2.45, 2.75) is 43.3 Å². The zero-order chi connectivity index (χ0) is 23.4. The number of anilines is 2. The van der Waals surface area contributed by atoms with Crippen molar-refractivity contribution in [1.29, 1.82) is 0 Å². The number of carbonyl (C=O) groups is 2. The fraction of sp³-hybridized carbons (Fsp3) is 0.308. The lowest BCUT2D eigenvalue weighted by molar-refractivity contribution is -0.115. The first-order valence-electron chi connectivity index (χ1n) is 11.2. The average molecular weight is 481 g/mol. The molecule has 0 spiro atoms. The molecule has 2 aromatic carbocycles. The zero-order valence-electron chi connectivity index (χ0n) is 18.8. The number of ether oxygens (including phenoxy) is 1. The van der Waals surface area contributed by atoms with E-state index in [1.165, 1.54) is 28.0 Å². The Kier molecular flexibility index (Phi) is 7.40. The molecule has 172 valence electrons. The Morgan fingerprint density at radius 1 is 1.18 bits per heavy atom. The maximum atomic E-state index is 13.6. The molecule has 0 saturated carbocycles. The highest BCUT2D eigenvalue weighted by molar-refractivity contribution is 8.00. The van der Waals surface area contributed by atoms with Crippen molar-refractivity contribution in [2.24, 2.45) is 5.92 Å². The van der Waals surface area contributed by atoms with E-state index in [4.69, 9.17) is 10.5 Å². The second-order valence-corrected chi connectivity index (χ2v) is 10.5. The molecule has 1 aromatic heterocycles. The number of carbonyl (C=O) groups excluding carboxylic acids is 2. The van der Waals surface area contributed by atoms with Crippen molar-refractivity contribution in [3.63, 3.8) is 0 Å². The summed E-state index contributed by atoms with van der Waals surface area (Å²) in [6.45, 7) is 4.32. The average Bonchev–Trinajstić information content (AvgIpc) is 3.16. The summed E-state index contributed by atoms with van der Waals surface area (Å²) in [7, 11) is 0. The number of esters is 1. The summed E-state index contributed by atoms with van der Waals surface area (Å²) in [4.78, 5) is 28.6. The van der Waals surface area contributed by atoms with E-state index in [1.807, 2.05) is 54.6 Å². The van der Waals surface area contributed by atoms with Crippen molar-refractivity contribution >= 4 is 45.7 Å². The highest BCUT2D eigenvalue weighted by Gasteiger charge is 2.31. The second kappa shape index (κ2) is 10.4. The van der Waals surface area contributed by atoms with E-state index in [9.17, 15) is 9.59 Å². The number of fused-ring (bicyclic) bond motifs is 1. The summed E-state index contributed by atoms with van der Waals surface area (Å²) in [5.74, 6) is 0.0374. The molecule has 2 unspecified atom stereocenters. The lowest BCUT2D eigenvalue weighted by Gasteiger charge is -2.18. The van der Waals surface area contributed by atoms with Crippen LogP contribution in [0.25, 0.3) is 0 Å². The van der Waals surface area contributed by atoms with E-state index in [2.05, 4.69) is 12.2 Å². The fourth-order valence-electron chi connectivity index (χ4n) is 4.02. The third kappa shape index (κ3) is 5.42. The highest BCUT2D eigenvalue weighted by Crippen LogP contribution is 2.42. The number of rotatable bonds is 7. The molecule has 3 N–H and O–H groups in total. The highest BCUT2D eigenvalue weighted by atomic mass is 32.2. The van der Waals surface area contributed by atoms with Crippen molar-refractivity contribution in [2.75, 3.05) is 17.7 Å². The third-order valence-electron chi connectivity index (χ3n) is 5.70. The van der Waals surface area contributed by atoms with Crippen LogP contribution in [0, 0.1) is 5.92 Å². The van der Waals surface area contributed by atoms with Crippen LogP contribution in [-0.4, -0.2) is 18.5 Å². The van der Waals surface area contributed by atoms with Crippen molar-refractivity contribution in [1.82, 2.24) is 0 Å². The smallest absolute Gasteiger partial charge is 0.341 e. The van der Waals surface area contributed by atoms with Crippen LogP contribution in [0.4, 0.5) is 10.7 Å². The predicted molar refractivity (Wildman–Crippen MR) is 136 cm³/mol. The molecule has 7 heteroatoms. The molecule has 0 aliphatic heterocycles. The fourth-order valence-corrected chi connectivity index (χ4v) is 6.45. The Morgan fingerprint density at radius 2 is 1.91 bits per heavy atom. The molecule has 1 aliphatic rings. The number of nitrogens with one attached hydrogen (secondary N) is 1. The monoisotopic (exact) mass is 480 g/mol. The van der Waals surface area contributed by atoms with Gasteiger partial charge in [-0.25, -0.2) is 4.79 Å². The van der Waals surface area contributed by atoms with Crippen LogP contribution >= 0.6 is 23.1 Å². The number of benzene rings is 2. The van der Waals surface area contributed by atoms with Crippen molar-refractivity contribution in [3.05, 3.63) is 76.2 Å². The summed E-state index contributed by atoms with van der Waals surface area (Å²) < 4.78 is 5.35. The van der Waals surface area contributed by atoms with E-state index < -0.39 is 5.25 Å². The van der Waals surface area contributed by atoms with Gasteiger partial charge in [-0.05, 0) is 67.5 Å². The summed E-state index contributed by atoms with van der Waals surface area (Å²) in [5.41, 5.74) is 8.96. The summed E-state index contributed by atoms with van der Waals surface area (Å²) in [6, 6.07) is 17.2. The minimum Gasteiger partial charge on any atom is -0.462 e. The molecule has 0 fully saturated rings. The van der Waals surface area contributed by atoms with Crippen LogP contribution < -0.4 is 11.1 Å². The van der Waals surface area contributed by atoms with Crippen molar-refractivity contribution < 1.29 is 14.3 Å². The number of hydrogen-bond acceptors (Lipinski definition) is 6. The third-order valence-corrected chi connectivity index (χ3v) is 8.14. The maximum absolute atomic E-state index is 13.6. The Bertz CT molecular complexity index is 1130. The summed E-state index contributed by atoms with van der Waals surface area (Å²) >= 11 is 2.97. The van der Waals surface area contributed by atoms with Gasteiger partial charge in [0.15, 0.2) is 0 Å². The Balaban J connectivity index is 1.66. The van der Waals surface area contributed by atoms with Gasteiger partial charge in [0.2, 0.25) is 5.91 Å². The second-order valence-electron chi connectivity index (χ2n) is 8.24. The lowest BCUT2D eigenvalue weighted by atomic mass is 9.88. The van der Waals surface area contributed by atoms with E-state index in [1.54, 1.807) is 6.92 Å². The Labute approximate surface area is 202 Å². The van der Waals surface area contributed by atoms with Gasteiger partial charge in [0.1, 0.15) is 10.3 Å². The number of amides is 1. The largest absolute Gasteiger partial charge is 0.462 e. The van der Waals surface area contributed by atoms with Gasteiger partial charge in [0.05, 0.1) is 12.2 Å². The molecule has 1 aliphatic carbocycles. The minimum absolute atomic E-state index is 0.166.